The normalized spacial score (nSPS) is 13.6. The predicted molar refractivity (Wildman–Crippen MR) is 222 cm³/mol. The van der Waals surface area contributed by atoms with Gasteiger partial charge in [0.05, 0.1) is 35.0 Å². The van der Waals surface area contributed by atoms with E-state index in [0.717, 1.165) is 81.6 Å². The van der Waals surface area contributed by atoms with E-state index in [4.69, 9.17) is 8.75 Å². The van der Waals surface area contributed by atoms with Crippen molar-refractivity contribution in [3.05, 3.63) is 111 Å². The third-order valence-electron chi connectivity index (χ3n) is 10.5. The molecule has 0 saturated heterocycles. The summed E-state index contributed by atoms with van der Waals surface area (Å²) in [6.07, 6.45) is 13.0. The van der Waals surface area contributed by atoms with Crippen LogP contribution in [0, 0.1) is 29.6 Å². The molecule has 4 nitrogen and oxygen atoms in total. The molecule has 0 amide bonds. The smallest absolute Gasteiger partial charge is 0.114 e. The van der Waals surface area contributed by atoms with Gasteiger partial charge in [-0.2, -0.15) is 19.3 Å². The Balaban J connectivity index is 1.28. The second-order valence-corrected chi connectivity index (χ2v) is 16.7. The summed E-state index contributed by atoms with van der Waals surface area (Å²) in [6.45, 7) is 8.59. The number of allylic oxidation sites excluding steroid dienone is 3. The van der Waals surface area contributed by atoms with Gasteiger partial charge in [-0.05, 0) is 103 Å². The lowest BCUT2D eigenvalue weighted by atomic mass is 9.70. The number of rotatable bonds is 13. The van der Waals surface area contributed by atoms with Gasteiger partial charge >= 0.3 is 0 Å². The Bertz CT molecular complexity index is 2390. The van der Waals surface area contributed by atoms with Crippen LogP contribution in [-0.2, 0) is 5.41 Å². The summed E-state index contributed by atoms with van der Waals surface area (Å²) in [7, 11) is 0. The minimum atomic E-state index is -0.160. The molecule has 6 aromatic rings. The van der Waals surface area contributed by atoms with Gasteiger partial charge in [0.1, 0.15) is 11.0 Å². The van der Waals surface area contributed by atoms with Crippen molar-refractivity contribution in [2.45, 2.75) is 84.5 Å². The lowest BCUT2D eigenvalue weighted by Crippen LogP contribution is -2.26. The van der Waals surface area contributed by atoms with E-state index in [0.29, 0.717) is 11.1 Å². The minimum absolute atomic E-state index is 0.160. The third kappa shape index (κ3) is 6.59. The Morgan fingerprint density at radius 2 is 1.21 bits per heavy atom. The lowest BCUT2D eigenvalue weighted by molar-refractivity contribution is 0.405. The van der Waals surface area contributed by atoms with Gasteiger partial charge in [-0.25, -0.2) is 0 Å². The van der Waals surface area contributed by atoms with Crippen molar-refractivity contribution < 1.29 is 0 Å². The first kappa shape index (κ1) is 35.7. The highest BCUT2D eigenvalue weighted by atomic mass is 32.1. The first-order valence-electron chi connectivity index (χ1n) is 18.3. The molecule has 0 fully saturated rings. The number of nitriles is 2. The van der Waals surface area contributed by atoms with Crippen molar-refractivity contribution >= 4 is 62.7 Å². The standard InChI is InChI=1S/C45H42N4S3/c1-5-8-10-22-45(23-11-9-6-2)39-25-31(30(7-3)27-46)13-16-35(39)36-17-14-32(26-40(36)45)33(28-47)24-34-15-21-42(51-34)38-19-18-37(41-20-12-29(4)50-41)43-44(38)49-52-48-43/h7,12-21,24-26H,5-6,8-11,22-23H2,1-4H3/b30-7+,33-24+. The Hall–Kier alpha value is -4.66. The molecule has 7 heteroatoms. The fraction of sp³-hybridized carbons (Fsp3) is 0.289. The van der Waals surface area contributed by atoms with E-state index >= 15 is 0 Å². The van der Waals surface area contributed by atoms with Crippen LogP contribution in [-0.4, -0.2) is 8.75 Å². The summed E-state index contributed by atoms with van der Waals surface area (Å²) >= 11 is 4.71. The third-order valence-corrected chi connectivity index (χ3v) is 13.2. The molecular formula is C45H42N4S3. The zero-order valence-corrected chi connectivity index (χ0v) is 32.7. The maximum absolute atomic E-state index is 10.6. The van der Waals surface area contributed by atoms with Crippen molar-refractivity contribution in [1.82, 2.24) is 8.75 Å². The Kier molecular flexibility index (Phi) is 10.7. The highest BCUT2D eigenvalue weighted by Gasteiger charge is 2.42. The average molecular weight is 735 g/mol. The van der Waals surface area contributed by atoms with Crippen LogP contribution in [0.4, 0.5) is 0 Å². The van der Waals surface area contributed by atoms with E-state index in [9.17, 15) is 10.5 Å². The van der Waals surface area contributed by atoms with Crippen LogP contribution < -0.4 is 0 Å². The van der Waals surface area contributed by atoms with Gasteiger partial charge < -0.3 is 0 Å². The minimum Gasteiger partial charge on any atom is -0.192 e. The fourth-order valence-corrected chi connectivity index (χ4v) is 10.3. The van der Waals surface area contributed by atoms with Crippen LogP contribution in [0.2, 0.25) is 0 Å². The van der Waals surface area contributed by atoms with Gasteiger partial charge in [-0.15, -0.1) is 22.7 Å². The van der Waals surface area contributed by atoms with E-state index in [1.807, 2.05) is 19.1 Å². The van der Waals surface area contributed by atoms with Crippen LogP contribution in [0.3, 0.4) is 0 Å². The predicted octanol–water partition coefficient (Wildman–Crippen LogP) is 13.9. The molecule has 0 atom stereocenters. The number of hydrogen-bond acceptors (Lipinski definition) is 7. The molecule has 3 heterocycles. The number of nitrogens with zero attached hydrogens (tertiary/aromatic N) is 4. The van der Waals surface area contributed by atoms with E-state index in [1.165, 1.54) is 56.6 Å². The first-order valence-corrected chi connectivity index (χ1v) is 20.7. The second kappa shape index (κ2) is 15.5. The summed E-state index contributed by atoms with van der Waals surface area (Å²) in [5.74, 6) is 0. The molecule has 1 aliphatic carbocycles. The van der Waals surface area contributed by atoms with Crippen molar-refractivity contribution in [2.75, 3.05) is 0 Å². The second-order valence-electron chi connectivity index (χ2n) is 13.7. The monoisotopic (exact) mass is 734 g/mol. The SMILES string of the molecule is C/C=C(\C#N)c1ccc2c(c1)C(CCCCC)(CCCCC)c1cc(/C(C#N)=C/c3ccc(-c4ccc(-c5ccc(C)s5)c5nsnc45)s3)ccc1-2. The molecule has 7 rings (SSSR count). The van der Waals surface area contributed by atoms with Gasteiger partial charge in [0, 0.05) is 36.1 Å². The van der Waals surface area contributed by atoms with Crippen LogP contribution in [0.15, 0.2) is 78.9 Å². The van der Waals surface area contributed by atoms with Crippen LogP contribution >= 0.6 is 34.4 Å². The molecule has 260 valence electrons. The molecule has 0 unspecified atom stereocenters. The van der Waals surface area contributed by atoms with Crippen molar-refractivity contribution in [3.8, 4) is 44.1 Å². The van der Waals surface area contributed by atoms with Crippen LogP contribution in [0.1, 0.15) is 104 Å². The van der Waals surface area contributed by atoms with Crippen LogP contribution in [0.25, 0.3) is 60.3 Å². The van der Waals surface area contributed by atoms with Gasteiger partial charge in [-0.3, -0.25) is 0 Å². The number of thiophene rings is 2. The zero-order chi connectivity index (χ0) is 36.2. The molecular weight excluding hydrogens is 693 g/mol. The molecule has 0 N–H and O–H groups in total. The molecule has 0 spiro atoms. The summed E-state index contributed by atoms with van der Waals surface area (Å²) in [5.41, 5.74) is 12.4. The van der Waals surface area contributed by atoms with E-state index in [2.05, 4.69) is 106 Å². The first-order chi connectivity index (χ1) is 25.4. The Morgan fingerprint density at radius 3 is 1.73 bits per heavy atom. The number of hydrogen-bond donors (Lipinski definition) is 0. The highest BCUT2D eigenvalue weighted by molar-refractivity contribution is 7.16. The summed E-state index contributed by atoms with van der Waals surface area (Å²) < 4.78 is 9.41. The summed E-state index contributed by atoms with van der Waals surface area (Å²) in [5, 5.41) is 20.5. The number of aryl methyl sites for hydroxylation is 1. The van der Waals surface area contributed by atoms with Gasteiger partial charge in [-0.1, -0.05) is 94.8 Å². The zero-order valence-electron chi connectivity index (χ0n) is 30.3. The average Bonchev–Trinajstić information content (AvgIpc) is 3.98. The quantitative estimate of drug-likeness (QED) is 0.0874. The summed E-state index contributed by atoms with van der Waals surface area (Å²) in [6, 6.07) is 31.1. The number of fused-ring (bicyclic) bond motifs is 4. The topological polar surface area (TPSA) is 73.4 Å². The van der Waals surface area contributed by atoms with Gasteiger partial charge in [0.2, 0.25) is 0 Å². The van der Waals surface area contributed by atoms with Crippen LogP contribution in [0.5, 0.6) is 0 Å². The molecule has 1 aliphatic rings. The highest BCUT2D eigenvalue weighted by Crippen LogP contribution is 2.55. The fourth-order valence-electron chi connectivity index (χ4n) is 7.88. The molecule has 0 aliphatic heterocycles. The van der Waals surface area contributed by atoms with E-state index < -0.39 is 0 Å². The molecule has 0 radical (unpaired) electrons. The molecule has 3 aromatic heterocycles. The van der Waals surface area contributed by atoms with Gasteiger partial charge in [0.15, 0.2) is 0 Å². The Labute approximate surface area is 319 Å². The number of benzene rings is 3. The molecule has 0 bridgehead atoms. The van der Waals surface area contributed by atoms with Gasteiger partial charge in [0.25, 0.3) is 0 Å². The van der Waals surface area contributed by atoms with Crippen molar-refractivity contribution in [2.24, 2.45) is 0 Å². The Morgan fingerprint density at radius 1 is 0.673 bits per heavy atom. The molecule has 52 heavy (non-hydrogen) atoms. The summed E-state index contributed by atoms with van der Waals surface area (Å²) in [4.78, 5) is 4.62. The van der Waals surface area contributed by atoms with E-state index in [-0.39, 0.29) is 5.41 Å². The largest absolute Gasteiger partial charge is 0.192 e. The van der Waals surface area contributed by atoms with E-state index in [1.54, 1.807) is 22.7 Å². The maximum Gasteiger partial charge on any atom is 0.114 e. The lowest BCUT2D eigenvalue weighted by Gasteiger charge is -2.33. The van der Waals surface area contributed by atoms with Crippen molar-refractivity contribution in [3.63, 3.8) is 0 Å². The van der Waals surface area contributed by atoms with Crippen molar-refractivity contribution in [1.29, 1.82) is 10.5 Å². The maximum atomic E-state index is 10.6. The number of unbranched alkanes of at least 4 members (excludes halogenated alkanes) is 4. The molecule has 3 aromatic carbocycles. The number of aromatic nitrogens is 2. The molecule has 0 saturated carbocycles.